The fourth-order valence-corrected chi connectivity index (χ4v) is 1.57. The highest BCUT2D eigenvalue weighted by molar-refractivity contribution is 5.95. The van der Waals surface area contributed by atoms with Gasteiger partial charge in [-0.2, -0.15) is 0 Å². The van der Waals surface area contributed by atoms with E-state index in [4.69, 9.17) is 5.73 Å². The standard InChI is InChI=1S/C13H19FN2O/c1-2-3-4-5-8-16-13(17)11-9-10(15)6-7-12(11)14/h6-7,9H,2-5,8,15H2,1H3,(H,16,17). The summed E-state index contributed by atoms with van der Waals surface area (Å²) in [6.07, 6.45) is 4.31. The van der Waals surface area contributed by atoms with Crippen LogP contribution in [0.15, 0.2) is 18.2 Å². The summed E-state index contributed by atoms with van der Waals surface area (Å²) in [7, 11) is 0. The Kier molecular flexibility index (Phi) is 5.46. The Bertz CT molecular complexity index is 380. The molecule has 94 valence electrons. The fourth-order valence-electron chi connectivity index (χ4n) is 1.57. The molecule has 17 heavy (non-hydrogen) atoms. The van der Waals surface area contributed by atoms with Gasteiger partial charge in [-0.15, -0.1) is 0 Å². The molecule has 0 aromatic heterocycles. The highest BCUT2D eigenvalue weighted by atomic mass is 19.1. The maximum absolute atomic E-state index is 13.3. The third kappa shape index (κ3) is 4.43. The molecule has 3 N–H and O–H groups in total. The molecule has 1 aromatic carbocycles. The van der Waals surface area contributed by atoms with E-state index in [-0.39, 0.29) is 5.56 Å². The van der Waals surface area contributed by atoms with E-state index < -0.39 is 11.7 Å². The van der Waals surface area contributed by atoms with Crippen LogP contribution in [0.25, 0.3) is 0 Å². The van der Waals surface area contributed by atoms with Crippen molar-refractivity contribution >= 4 is 11.6 Å². The summed E-state index contributed by atoms with van der Waals surface area (Å²) in [4.78, 5) is 11.6. The van der Waals surface area contributed by atoms with Gasteiger partial charge < -0.3 is 11.1 Å². The van der Waals surface area contributed by atoms with Gasteiger partial charge in [0.1, 0.15) is 5.82 Å². The van der Waals surface area contributed by atoms with E-state index >= 15 is 0 Å². The molecular formula is C13H19FN2O. The number of rotatable bonds is 6. The lowest BCUT2D eigenvalue weighted by Gasteiger charge is -2.06. The number of nitrogen functional groups attached to an aromatic ring is 1. The van der Waals surface area contributed by atoms with E-state index in [1.807, 2.05) is 0 Å². The van der Waals surface area contributed by atoms with Crippen LogP contribution in [0.3, 0.4) is 0 Å². The number of hydrogen-bond acceptors (Lipinski definition) is 2. The number of unbranched alkanes of at least 4 members (excludes halogenated alkanes) is 3. The summed E-state index contributed by atoms with van der Waals surface area (Å²) in [5.41, 5.74) is 5.92. The number of nitrogens with two attached hydrogens (primary N) is 1. The topological polar surface area (TPSA) is 55.1 Å². The summed E-state index contributed by atoms with van der Waals surface area (Å²) in [5, 5.41) is 2.69. The molecule has 0 aliphatic heterocycles. The van der Waals surface area contributed by atoms with E-state index in [9.17, 15) is 9.18 Å². The molecule has 0 atom stereocenters. The molecule has 0 bridgehead atoms. The third-order valence-corrected chi connectivity index (χ3v) is 2.55. The Labute approximate surface area is 101 Å². The van der Waals surface area contributed by atoms with Gasteiger partial charge in [0.15, 0.2) is 0 Å². The van der Waals surface area contributed by atoms with Crippen LogP contribution in [-0.2, 0) is 0 Å². The SMILES string of the molecule is CCCCCCNC(=O)c1cc(N)ccc1F. The maximum Gasteiger partial charge on any atom is 0.254 e. The van der Waals surface area contributed by atoms with Crippen LogP contribution >= 0.6 is 0 Å². The van der Waals surface area contributed by atoms with Crippen molar-refractivity contribution in [2.75, 3.05) is 12.3 Å². The van der Waals surface area contributed by atoms with Crippen LogP contribution in [0.1, 0.15) is 43.0 Å². The van der Waals surface area contributed by atoms with Gasteiger partial charge in [0, 0.05) is 12.2 Å². The molecule has 0 aliphatic rings. The molecule has 1 aromatic rings. The number of anilines is 1. The first-order valence-electron chi connectivity index (χ1n) is 5.98. The minimum absolute atomic E-state index is 0.0143. The average Bonchev–Trinajstić information content (AvgIpc) is 2.32. The predicted molar refractivity (Wildman–Crippen MR) is 67.3 cm³/mol. The second kappa shape index (κ2) is 6.89. The first-order chi connectivity index (χ1) is 8.15. The summed E-state index contributed by atoms with van der Waals surface area (Å²) in [6.45, 7) is 2.70. The lowest BCUT2D eigenvalue weighted by molar-refractivity contribution is 0.0949. The number of amides is 1. The van der Waals surface area contributed by atoms with Crippen molar-refractivity contribution in [3.05, 3.63) is 29.6 Å². The van der Waals surface area contributed by atoms with Crippen LogP contribution in [0.4, 0.5) is 10.1 Å². The lowest BCUT2D eigenvalue weighted by atomic mass is 10.1. The second-order valence-corrected chi connectivity index (χ2v) is 4.06. The summed E-state index contributed by atoms with van der Waals surface area (Å²) >= 11 is 0. The normalized spacial score (nSPS) is 10.2. The molecule has 0 aliphatic carbocycles. The third-order valence-electron chi connectivity index (χ3n) is 2.55. The quantitative estimate of drug-likeness (QED) is 0.591. The average molecular weight is 238 g/mol. The molecule has 0 heterocycles. The first kappa shape index (κ1) is 13.5. The summed E-state index contributed by atoms with van der Waals surface area (Å²) < 4.78 is 13.3. The summed E-state index contributed by atoms with van der Waals surface area (Å²) in [5.74, 6) is -0.934. The largest absolute Gasteiger partial charge is 0.399 e. The zero-order valence-electron chi connectivity index (χ0n) is 10.1. The molecule has 1 amide bonds. The van der Waals surface area contributed by atoms with Crippen molar-refractivity contribution in [2.24, 2.45) is 0 Å². The van der Waals surface area contributed by atoms with Crippen LogP contribution in [0.2, 0.25) is 0 Å². The van der Waals surface area contributed by atoms with Gasteiger partial charge in [-0.1, -0.05) is 26.2 Å². The predicted octanol–water partition coefficient (Wildman–Crippen LogP) is 2.72. The molecule has 3 nitrogen and oxygen atoms in total. The molecule has 0 saturated carbocycles. The molecule has 1 rings (SSSR count). The van der Waals surface area contributed by atoms with Gasteiger partial charge in [-0.25, -0.2) is 4.39 Å². The Morgan fingerprint density at radius 1 is 1.35 bits per heavy atom. The van der Waals surface area contributed by atoms with Crippen LogP contribution in [0, 0.1) is 5.82 Å². The molecule has 0 saturated heterocycles. The number of nitrogens with one attached hydrogen (secondary N) is 1. The van der Waals surface area contributed by atoms with Crippen LogP contribution < -0.4 is 11.1 Å². The number of carbonyl (C=O) groups is 1. The molecule has 0 fully saturated rings. The van der Waals surface area contributed by atoms with Gasteiger partial charge in [-0.05, 0) is 24.6 Å². The van der Waals surface area contributed by atoms with Gasteiger partial charge >= 0.3 is 0 Å². The van der Waals surface area contributed by atoms with Crippen molar-refractivity contribution in [3.63, 3.8) is 0 Å². The molecule has 4 heteroatoms. The van der Waals surface area contributed by atoms with Crippen molar-refractivity contribution in [1.29, 1.82) is 0 Å². The first-order valence-corrected chi connectivity index (χ1v) is 5.98. The molecular weight excluding hydrogens is 219 g/mol. The highest BCUT2D eigenvalue weighted by Crippen LogP contribution is 2.11. The number of hydrogen-bond donors (Lipinski definition) is 2. The van der Waals surface area contributed by atoms with E-state index in [0.717, 1.165) is 25.7 Å². The minimum Gasteiger partial charge on any atom is -0.399 e. The van der Waals surface area contributed by atoms with E-state index in [1.54, 1.807) is 0 Å². The highest BCUT2D eigenvalue weighted by Gasteiger charge is 2.10. The van der Waals surface area contributed by atoms with E-state index in [2.05, 4.69) is 12.2 Å². The zero-order valence-corrected chi connectivity index (χ0v) is 10.1. The second-order valence-electron chi connectivity index (χ2n) is 4.06. The molecule has 0 radical (unpaired) electrons. The number of carbonyl (C=O) groups excluding carboxylic acids is 1. The minimum atomic E-state index is -0.537. The number of halogens is 1. The van der Waals surface area contributed by atoms with Gasteiger partial charge in [-0.3, -0.25) is 4.79 Å². The smallest absolute Gasteiger partial charge is 0.254 e. The van der Waals surface area contributed by atoms with Gasteiger partial charge in [0.05, 0.1) is 5.56 Å². The van der Waals surface area contributed by atoms with Crippen molar-refractivity contribution in [3.8, 4) is 0 Å². The Balaban J connectivity index is 2.44. The maximum atomic E-state index is 13.3. The fraction of sp³-hybridized carbons (Fsp3) is 0.462. The van der Waals surface area contributed by atoms with E-state index in [1.165, 1.54) is 18.2 Å². The monoisotopic (exact) mass is 238 g/mol. The van der Waals surface area contributed by atoms with Crippen molar-refractivity contribution < 1.29 is 9.18 Å². The Morgan fingerprint density at radius 2 is 2.12 bits per heavy atom. The van der Waals surface area contributed by atoms with Crippen molar-refractivity contribution in [1.82, 2.24) is 5.32 Å². The Hall–Kier alpha value is -1.58. The van der Waals surface area contributed by atoms with Crippen LogP contribution in [0.5, 0.6) is 0 Å². The molecule has 0 unspecified atom stereocenters. The van der Waals surface area contributed by atoms with Gasteiger partial charge in [0.2, 0.25) is 0 Å². The zero-order chi connectivity index (χ0) is 12.7. The van der Waals surface area contributed by atoms with Crippen LogP contribution in [-0.4, -0.2) is 12.5 Å². The molecule has 0 spiro atoms. The lowest BCUT2D eigenvalue weighted by Crippen LogP contribution is -2.25. The summed E-state index contributed by atoms with van der Waals surface area (Å²) in [6, 6.07) is 4.01. The van der Waals surface area contributed by atoms with E-state index in [0.29, 0.717) is 12.2 Å². The number of benzene rings is 1. The van der Waals surface area contributed by atoms with Gasteiger partial charge in [0.25, 0.3) is 5.91 Å². The van der Waals surface area contributed by atoms with Crippen molar-refractivity contribution in [2.45, 2.75) is 32.6 Å². The Morgan fingerprint density at radius 3 is 2.82 bits per heavy atom.